The minimum Gasteiger partial charge on any atom is -0.412 e. The maximum absolute atomic E-state index is 13.5. The zero-order chi connectivity index (χ0) is 11.7. The fraction of sp³-hybridized carbons (Fsp3) is 0.400. The van der Waals surface area contributed by atoms with Crippen molar-refractivity contribution in [3.63, 3.8) is 0 Å². The van der Waals surface area contributed by atoms with Gasteiger partial charge in [0.15, 0.2) is 5.67 Å². The van der Waals surface area contributed by atoms with E-state index >= 15 is 0 Å². The quantitative estimate of drug-likeness (QED) is 0.793. The van der Waals surface area contributed by atoms with E-state index in [1.54, 1.807) is 0 Å². The van der Waals surface area contributed by atoms with E-state index in [0.717, 1.165) is 26.0 Å². The van der Waals surface area contributed by atoms with Gasteiger partial charge >= 0.3 is 5.92 Å². The zero-order valence-corrected chi connectivity index (χ0v) is 8.43. The molecule has 0 saturated heterocycles. The van der Waals surface area contributed by atoms with E-state index in [2.05, 4.69) is 4.84 Å². The summed E-state index contributed by atoms with van der Waals surface area (Å²) in [6, 6.07) is 4.88. The third-order valence-electron chi connectivity index (χ3n) is 2.08. The Morgan fingerprint density at radius 3 is 2.27 bits per heavy atom. The average molecular weight is 219 g/mol. The van der Waals surface area contributed by atoms with Crippen molar-refractivity contribution in [3.8, 4) is 5.75 Å². The third-order valence-corrected chi connectivity index (χ3v) is 2.08. The molecule has 0 aliphatic heterocycles. The molecule has 0 unspecified atom stereocenters. The summed E-state index contributed by atoms with van der Waals surface area (Å²) in [6.45, 7) is 1.64. The molecule has 1 aromatic rings. The first-order chi connectivity index (χ1) is 6.79. The van der Waals surface area contributed by atoms with Crippen molar-refractivity contribution < 1.29 is 18.0 Å². The number of alkyl halides is 3. The normalized spacial score (nSPS) is 12.7. The molecule has 0 fully saturated rings. The van der Waals surface area contributed by atoms with Crippen LogP contribution in [0.5, 0.6) is 5.75 Å². The van der Waals surface area contributed by atoms with Gasteiger partial charge in [0.25, 0.3) is 0 Å². The van der Waals surface area contributed by atoms with Crippen LogP contribution in [0.4, 0.5) is 13.2 Å². The Bertz CT molecular complexity index is 347. The lowest BCUT2D eigenvalue weighted by atomic mass is 9.95. The van der Waals surface area contributed by atoms with Crippen LogP contribution in [0.25, 0.3) is 0 Å². The topological polar surface area (TPSA) is 35.2 Å². The summed E-state index contributed by atoms with van der Waals surface area (Å²) in [4.78, 5) is 4.31. The molecule has 0 aromatic heterocycles. The van der Waals surface area contributed by atoms with E-state index in [0.29, 0.717) is 0 Å². The van der Waals surface area contributed by atoms with E-state index in [9.17, 15) is 13.2 Å². The second-order valence-corrected chi connectivity index (χ2v) is 3.69. The van der Waals surface area contributed by atoms with Crippen molar-refractivity contribution in [1.29, 1.82) is 0 Å². The maximum atomic E-state index is 13.5. The minimum absolute atomic E-state index is 0.0661. The van der Waals surface area contributed by atoms with Gasteiger partial charge in [-0.1, -0.05) is 12.1 Å². The highest BCUT2D eigenvalue weighted by Gasteiger charge is 2.48. The fourth-order valence-corrected chi connectivity index (χ4v) is 1.11. The van der Waals surface area contributed by atoms with E-state index in [-0.39, 0.29) is 5.75 Å². The molecular weight excluding hydrogens is 207 g/mol. The van der Waals surface area contributed by atoms with Crippen LogP contribution >= 0.6 is 0 Å². The van der Waals surface area contributed by atoms with Crippen LogP contribution in [0, 0.1) is 0 Å². The van der Waals surface area contributed by atoms with E-state index in [1.165, 1.54) is 12.1 Å². The van der Waals surface area contributed by atoms with Crippen molar-refractivity contribution in [2.24, 2.45) is 5.90 Å². The molecule has 0 amide bonds. The second-order valence-electron chi connectivity index (χ2n) is 3.69. The Hall–Kier alpha value is -1.23. The smallest absolute Gasteiger partial charge is 0.306 e. The Kier molecular flexibility index (Phi) is 2.95. The summed E-state index contributed by atoms with van der Waals surface area (Å²) in [6.07, 6.45) is 0. The molecular formula is C10H12F3NO. The lowest BCUT2D eigenvalue weighted by Crippen LogP contribution is -2.36. The van der Waals surface area contributed by atoms with Crippen molar-refractivity contribution in [2.75, 3.05) is 0 Å². The van der Waals surface area contributed by atoms with E-state index in [1.807, 2.05) is 0 Å². The third kappa shape index (κ3) is 2.23. The maximum Gasteiger partial charge on any atom is 0.306 e. The lowest BCUT2D eigenvalue weighted by Gasteiger charge is -2.26. The number of halogens is 3. The number of nitrogens with two attached hydrogens (primary N) is 1. The predicted octanol–water partition coefficient (Wildman–Crippen LogP) is 2.78. The first-order valence-electron chi connectivity index (χ1n) is 4.33. The van der Waals surface area contributed by atoms with Crippen molar-refractivity contribution in [2.45, 2.75) is 25.4 Å². The van der Waals surface area contributed by atoms with Gasteiger partial charge < -0.3 is 4.84 Å². The van der Waals surface area contributed by atoms with Crippen molar-refractivity contribution in [1.82, 2.24) is 0 Å². The molecule has 0 heterocycles. The van der Waals surface area contributed by atoms with Crippen LogP contribution in [0.2, 0.25) is 0 Å². The molecule has 0 bridgehead atoms. The number of benzene rings is 1. The number of rotatable bonds is 3. The lowest BCUT2D eigenvalue weighted by molar-refractivity contribution is -0.127. The Balaban J connectivity index is 3.15. The first kappa shape index (κ1) is 11.8. The molecule has 1 rings (SSSR count). The molecule has 0 aliphatic rings. The van der Waals surface area contributed by atoms with Gasteiger partial charge in [-0.15, -0.1) is 0 Å². The monoisotopic (exact) mass is 219 g/mol. The highest BCUT2D eigenvalue weighted by molar-refractivity contribution is 5.32. The van der Waals surface area contributed by atoms with Crippen LogP contribution < -0.4 is 10.7 Å². The number of hydrogen-bond acceptors (Lipinski definition) is 2. The van der Waals surface area contributed by atoms with Crippen molar-refractivity contribution in [3.05, 3.63) is 29.8 Å². The van der Waals surface area contributed by atoms with Gasteiger partial charge in [-0.05, 0) is 26.0 Å². The van der Waals surface area contributed by atoms with Gasteiger partial charge in [0, 0.05) is 5.56 Å². The summed E-state index contributed by atoms with van der Waals surface area (Å²) in [5, 5.41) is 0. The van der Waals surface area contributed by atoms with Gasteiger partial charge in [0.05, 0.1) is 0 Å². The minimum atomic E-state index is -3.58. The first-order valence-corrected chi connectivity index (χ1v) is 4.33. The van der Waals surface area contributed by atoms with E-state index in [4.69, 9.17) is 5.90 Å². The highest BCUT2D eigenvalue weighted by Crippen LogP contribution is 2.41. The molecule has 1 aromatic carbocycles. The molecule has 0 aliphatic carbocycles. The summed E-state index contributed by atoms with van der Waals surface area (Å²) in [5.74, 6) is 1.32. The highest BCUT2D eigenvalue weighted by atomic mass is 19.3. The fourth-order valence-electron chi connectivity index (χ4n) is 1.11. The van der Waals surface area contributed by atoms with Crippen LogP contribution in [0.1, 0.15) is 19.4 Å². The summed E-state index contributed by atoms with van der Waals surface area (Å²) in [5.41, 5.74) is -3.10. The molecule has 0 atom stereocenters. The summed E-state index contributed by atoms with van der Waals surface area (Å²) in [7, 11) is 0. The molecule has 15 heavy (non-hydrogen) atoms. The molecule has 84 valence electrons. The van der Waals surface area contributed by atoms with Crippen molar-refractivity contribution >= 4 is 0 Å². The Labute approximate surface area is 85.8 Å². The predicted molar refractivity (Wildman–Crippen MR) is 50.3 cm³/mol. The summed E-state index contributed by atoms with van der Waals surface area (Å²) < 4.78 is 40.3. The largest absolute Gasteiger partial charge is 0.412 e. The standard InChI is InChI=1S/C10H12F3NO/c1-9(2,11)10(12,13)7-4-3-5-8(6-7)15-14/h3-6H,14H2,1-2H3. The number of hydrogen-bond donors (Lipinski definition) is 1. The van der Waals surface area contributed by atoms with Crippen LogP contribution in [-0.2, 0) is 5.92 Å². The Morgan fingerprint density at radius 1 is 1.20 bits per heavy atom. The Morgan fingerprint density at radius 2 is 1.80 bits per heavy atom. The zero-order valence-electron chi connectivity index (χ0n) is 8.43. The molecule has 0 spiro atoms. The van der Waals surface area contributed by atoms with Crippen LogP contribution in [0.3, 0.4) is 0 Å². The second kappa shape index (κ2) is 3.73. The SMILES string of the molecule is CC(C)(F)C(F)(F)c1cccc(ON)c1. The van der Waals surface area contributed by atoms with Gasteiger partial charge in [-0.2, -0.15) is 14.7 Å². The van der Waals surface area contributed by atoms with Crippen LogP contribution in [0.15, 0.2) is 24.3 Å². The summed E-state index contributed by atoms with van der Waals surface area (Å²) >= 11 is 0. The molecule has 5 heteroatoms. The molecule has 2 nitrogen and oxygen atoms in total. The van der Waals surface area contributed by atoms with E-state index < -0.39 is 17.2 Å². The average Bonchev–Trinajstić information content (AvgIpc) is 2.16. The molecule has 0 saturated carbocycles. The molecule has 2 N–H and O–H groups in total. The van der Waals surface area contributed by atoms with Crippen LogP contribution in [-0.4, -0.2) is 5.67 Å². The van der Waals surface area contributed by atoms with Gasteiger partial charge in [0.1, 0.15) is 5.75 Å². The van der Waals surface area contributed by atoms with Gasteiger partial charge in [-0.25, -0.2) is 4.39 Å². The van der Waals surface area contributed by atoms with Gasteiger partial charge in [-0.3, -0.25) is 0 Å². The molecule has 0 radical (unpaired) electrons. The van der Waals surface area contributed by atoms with Gasteiger partial charge in [0.2, 0.25) is 0 Å².